The van der Waals surface area contributed by atoms with E-state index in [1.54, 1.807) is 13.3 Å². The Hall–Kier alpha value is -2.87. The van der Waals surface area contributed by atoms with E-state index in [-0.39, 0.29) is 0 Å². The monoisotopic (exact) mass is 406 g/mol. The number of nitrogens with two attached hydrogens (primary N) is 1. The van der Waals surface area contributed by atoms with Crippen molar-refractivity contribution in [1.82, 2.24) is 20.9 Å². The SMILES string of the molecule is COc1cccc(-c2cccc(C3(N)N=CC=C(NCCCN4CCNC4)N3)c2)c1. The molecule has 30 heavy (non-hydrogen) atoms. The molecule has 7 nitrogen and oxygen atoms in total. The molecule has 5 N–H and O–H groups in total. The van der Waals surface area contributed by atoms with Crippen molar-refractivity contribution >= 4 is 6.21 Å². The van der Waals surface area contributed by atoms with Crippen molar-refractivity contribution in [2.24, 2.45) is 10.7 Å². The summed E-state index contributed by atoms with van der Waals surface area (Å²) in [6.07, 6.45) is 4.76. The number of benzene rings is 2. The maximum absolute atomic E-state index is 6.65. The zero-order valence-electron chi connectivity index (χ0n) is 17.4. The highest BCUT2D eigenvalue weighted by molar-refractivity contribution is 5.74. The highest BCUT2D eigenvalue weighted by atomic mass is 16.5. The number of ether oxygens (including phenoxy) is 1. The van der Waals surface area contributed by atoms with Gasteiger partial charge in [0.1, 0.15) is 11.6 Å². The second-order valence-corrected chi connectivity index (χ2v) is 7.62. The number of methoxy groups -OCH3 is 1. The first-order valence-corrected chi connectivity index (χ1v) is 10.4. The summed E-state index contributed by atoms with van der Waals surface area (Å²) in [7, 11) is 1.67. The molecule has 0 aliphatic carbocycles. The minimum absolute atomic E-state index is 0.827. The average molecular weight is 407 g/mol. The number of nitrogens with one attached hydrogen (secondary N) is 3. The lowest BCUT2D eigenvalue weighted by atomic mass is 9.99. The number of aliphatic imine (C=N–C) groups is 1. The first-order valence-electron chi connectivity index (χ1n) is 10.4. The normalized spacial score (nSPS) is 21.2. The lowest BCUT2D eigenvalue weighted by molar-refractivity contribution is 0.325. The molecule has 2 aliphatic heterocycles. The number of allylic oxidation sites excluding steroid dienone is 1. The van der Waals surface area contributed by atoms with Gasteiger partial charge in [-0.2, -0.15) is 0 Å². The molecule has 0 radical (unpaired) electrons. The van der Waals surface area contributed by atoms with E-state index < -0.39 is 5.79 Å². The third-order valence-electron chi connectivity index (χ3n) is 5.46. The van der Waals surface area contributed by atoms with E-state index in [0.717, 1.165) is 67.5 Å². The van der Waals surface area contributed by atoms with Crippen LogP contribution < -0.4 is 26.4 Å². The zero-order chi connectivity index (χ0) is 20.8. The first-order chi connectivity index (χ1) is 14.7. The lowest BCUT2D eigenvalue weighted by Gasteiger charge is -2.32. The van der Waals surface area contributed by atoms with Gasteiger partial charge in [0.2, 0.25) is 5.79 Å². The molecular formula is C23H30N6O. The maximum Gasteiger partial charge on any atom is 0.210 e. The fraction of sp³-hybridized carbons (Fsp3) is 0.348. The number of hydrogen-bond acceptors (Lipinski definition) is 7. The van der Waals surface area contributed by atoms with E-state index in [1.807, 2.05) is 36.4 Å². The Labute approximate surface area is 178 Å². The van der Waals surface area contributed by atoms with Crippen LogP contribution in [0, 0.1) is 0 Å². The minimum atomic E-state index is -1.01. The highest BCUT2D eigenvalue weighted by Crippen LogP contribution is 2.28. The van der Waals surface area contributed by atoms with E-state index in [4.69, 9.17) is 10.5 Å². The Morgan fingerprint density at radius 3 is 2.83 bits per heavy atom. The van der Waals surface area contributed by atoms with Crippen molar-refractivity contribution in [2.75, 3.05) is 40.0 Å². The summed E-state index contributed by atoms with van der Waals surface area (Å²) in [6.45, 7) is 5.16. The molecule has 0 bridgehead atoms. The molecule has 0 spiro atoms. The summed E-state index contributed by atoms with van der Waals surface area (Å²) >= 11 is 0. The smallest absolute Gasteiger partial charge is 0.210 e. The standard InChI is InChI=1S/C23H30N6O/c1-30-21-8-3-6-19(16-21)18-5-2-7-20(15-18)23(24)27-11-9-22(28-23)26-10-4-13-29-14-12-25-17-29/h2-3,5-9,11,15-16,25-26,28H,4,10,12-14,17,24H2,1H3. The average Bonchev–Trinajstić information content (AvgIpc) is 3.31. The summed E-state index contributed by atoms with van der Waals surface area (Å²) in [5, 5.41) is 10.2. The molecule has 4 rings (SSSR count). The second kappa shape index (κ2) is 9.30. The van der Waals surface area contributed by atoms with Gasteiger partial charge in [-0.1, -0.05) is 30.3 Å². The van der Waals surface area contributed by atoms with Crippen LogP contribution in [-0.2, 0) is 5.79 Å². The predicted octanol–water partition coefficient (Wildman–Crippen LogP) is 1.79. The van der Waals surface area contributed by atoms with Crippen LogP contribution in [-0.4, -0.2) is 51.1 Å². The number of nitrogens with zero attached hydrogens (tertiary/aromatic N) is 2. The van der Waals surface area contributed by atoms with Gasteiger partial charge < -0.3 is 20.7 Å². The first kappa shape index (κ1) is 20.4. The minimum Gasteiger partial charge on any atom is -0.497 e. The van der Waals surface area contributed by atoms with E-state index in [1.165, 1.54) is 0 Å². The highest BCUT2D eigenvalue weighted by Gasteiger charge is 2.28. The lowest BCUT2D eigenvalue weighted by Crippen LogP contribution is -2.52. The topological polar surface area (TPSA) is 86.9 Å². The van der Waals surface area contributed by atoms with Gasteiger partial charge in [0.05, 0.1) is 7.11 Å². The van der Waals surface area contributed by atoms with Gasteiger partial charge in [0.25, 0.3) is 0 Å². The van der Waals surface area contributed by atoms with E-state index in [9.17, 15) is 0 Å². The molecule has 1 saturated heterocycles. The number of rotatable bonds is 8. The molecule has 1 unspecified atom stereocenters. The van der Waals surface area contributed by atoms with E-state index in [2.05, 4.69) is 44.0 Å². The molecule has 158 valence electrons. The van der Waals surface area contributed by atoms with Crippen LogP contribution in [0.1, 0.15) is 12.0 Å². The van der Waals surface area contributed by atoms with Crippen LogP contribution >= 0.6 is 0 Å². The molecule has 0 amide bonds. The van der Waals surface area contributed by atoms with Crippen molar-refractivity contribution in [3.63, 3.8) is 0 Å². The van der Waals surface area contributed by atoms with Crippen LogP contribution in [0.3, 0.4) is 0 Å². The Balaban J connectivity index is 1.40. The summed E-state index contributed by atoms with van der Waals surface area (Å²) in [4.78, 5) is 6.95. The van der Waals surface area contributed by atoms with Gasteiger partial charge in [0, 0.05) is 44.6 Å². The van der Waals surface area contributed by atoms with Gasteiger partial charge in [-0.05, 0) is 41.8 Å². The third-order valence-corrected chi connectivity index (χ3v) is 5.46. The summed E-state index contributed by atoms with van der Waals surface area (Å²) in [5.74, 6) is 0.706. The van der Waals surface area contributed by atoms with Crippen molar-refractivity contribution in [3.05, 3.63) is 66.0 Å². The van der Waals surface area contributed by atoms with Crippen molar-refractivity contribution in [3.8, 4) is 16.9 Å². The largest absolute Gasteiger partial charge is 0.497 e. The molecule has 1 atom stereocenters. The van der Waals surface area contributed by atoms with Gasteiger partial charge in [-0.15, -0.1) is 0 Å². The quantitative estimate of drug-likeness (QED) is 0.500. The predicted molar refractivity (Wildman–Crippen MR) is 121 cm³/mol. The summed E-state index contributed by atoms with van der Waals surface area (Å²) < 4.78 is 5.35. The molecule has 1 fully saturated rings. The fourth-order valence-corrected chi connectivity index (χ4v) is 3.77. The van der Waals surface area contributed by atoms with Crippen LogP contribution in [0.2, 0.25) is 0 Å². The van der Waals surface area contributed by atoms with Crippen LogP contribution in [0.4, 0.5) is 0 Å². The molecule has 0 aromatic heterocycles. The van der Waals surface area contributed by atoms with E-state index >= 15 is 0 Å². The van der Waals surface area contributed by atoms with Crippen LogP contribution in [0.25, 0.3) is 11.1 Å². The summed E-state index contributed by atoms with van der Waals surface area (Å²) in [5.41, 5.74) is 9.68. The molecular weight excluding hydrogens is 376 g/mol. The van der Waals surface area contributed by atoms with Crippen molar-refractivity contribution in [2.45, 2.75) is 12.2 Å². The number of hydrogen-bond donors (Lipinski definition) is 4. The Morgan fingerprint density at radius 2 is 2.03 bits per heavy atom. The zero-order valence-corrected chi connectivity index (χ0v) is 17.4. The third kappa shape index (κ3) is 4.81. The van der Waals surface area contributed by atoms with Gasteiger partial charge >= 0.3 is 0 Å². The molecule has 2 aliphatic rings. The van der Waals surface area contributed by atoms with Gasteiger partial charge in [-0.25, -0.2) is 4.99 Å². The van der Waals surface area contributed by atoms with Crippen LogP contribution in [0.15, 0.2) is 65.4 Å². The molecule has 0 saturated carbocycles. The van der Waals surface area contributed by atoms with Crippen molar-refractivity contribution < 1.29 is 4.74 Å². The van der Waals surface area contributed by atoms with Gasteiger partial charge in [0.15, 0.2) is 0 Å². The van der Waals surface area contributed by atoms with Crippen LogP contribution in [0.5, 0.6) is 5.75 Å². The molecule has 2 aromatic carbocycles. The van der Waals surface area contributed by atoms with Crippen molar-refractivity contribution in [1.29, 1.82) is 0 Å². The summed E-state index contributed by atoms with van der Waals surface area (Å²) in [6, 6.07) is 16.1. The molecule has 2 heterocycles. The Bertz CT molecular complexity index is 921. The fourth-order valence-electron chi connectivity index (χ4n) is 3.77. The van der Waals surface area contributed by atoms with E-state index in [0.29, 0.717) is 0 Å². The maximum atomic E-state index is 6.65. The Kier molecular flexibility index (Phi) is 6.32. The van der Waals surface area contributed by atoms with Gasteiger partial charge in [-0.3, -0.25) is 10.6 Å². The molecule has 7 heteroatoms. The Morgan fingerprint density at radius 1 is 1.20 bits per heavy atom. The molecule has 2 aromatic rings. The second-order valence-electron chi connectivity index (χ2n) is 7.62.